The lowest BCUT2D eigenvalue weighted by molar-refractivity contribution is 0.291. The highest BCUT2D eigenvalue weighted by Crippen LogP contribution is 2.32. The van der Waals surface area contributed by atoms with Crippen molar-refractivity contribution in [1.29, 1.82) is 0 Å². The number of hydrogen-bond acceptors (Lipinski definition) is 4. The van der Waals surface area contributed by atoms with Gasteiger partial charge >= 0.3 is 0 Å². The van der Waals surface area contributed by atoms with E-state index in [0.717, 1.165) is 11.1 Å². The second-order valence-electron chi connectivity index (χ2n) is 8.06. The third-order valence-electron chi connectivity index (χ3n) is 5.73. The molecular weight excluding hydrogens is 431 g/mol. The van der Waals surface area contributed by atoms with Gasteiger partial charge in [-0.05, 0) is 36.6 Å². The first-order chi connectivity index (χ1) is 16.6. The van der Waals surface area contributed by atoms with Crippen molar-refractivity contribution in [2.45, 2.75) is 32.9 Å². The van der Waals surface area contributed by atoms with Gasteiger partial charge in [-0.25, -0.2) is 9.37 Å². The number of hydrogen-bond donors (Lipinski definition) is 1. The van der Waals surface area contributed by atoms with Crippen molar-refractivity contribution < 1.29 is 14.2 Å². The number of aliphatic hydroxyl groups is 1. The van der Waals surface area contributed by atoms with Crippen molar-refractivity contribution in [2.75, 3.05) is 6.61 Å². The Labute approximate surface area is 198 Å². The molecule has 0 aliphatic carbocycles. The number of aromatic nitrogens is 2. The number of aliphatic hydroxyl groups excluding tert-OH is 1. The highest BCUT2D eigenvalue weighted by Gasteiger charge is 2.20. The zero-order valence-electron chi connectivity index (χ0n) is 19.1. The summed E-state index contributed by atoms with van der Waals surface area (Å²) in [5.41, 5.74) is 3.14. The number of benzene rings is 3. The molecule has 0 amide bonds. The summed E-state index contributed by atoms with van der Waals surface area (Å²) < 4.78 is 22.4. The zero-order chi connectivity index (χ0) is 23.9. The molecule has 0 atom stereocenters. The van der Waals surface area contributed by atoms with E-state index in [0.29, 0.717) is 35.6 Å². The maximum absolute atomic E-state index is 14.9. The second-order valence-corrected chi connectivity index (χ2v) is 8.06. The van der Waals surface area contributed by atoms with E-state index in [1.54, 1.807) is 23.6 Å². The number of aryl methyl sites for hydroxylation is 2. The van der Waals surface area contributed by atoms with Crippen LogP contribution in [-0.2, 0) is 26.0 Å². The number of rotatable bonds is 9. The zero-order valence-corrected chi connectivity index (χ0v) is 19.1. The summed E-state index contributed by atoms with van der Waals surface area (Å²) in [7, 11) is 0. The quantitative estimate of drug-likeness (QED) is 0.394. The average Bonchev–Trinajstić information content (AvgIpc) is 2.86. The van der Waals surface area contributed by atoms with Crippen molar-refractivity contribution in [3.05, 3.63) is 117 Å². The molecule has 5 nitrogen and oxygen atoms in total. The maximum atomic E-state index is 14.9. The third kappa shape index (κ3) is 5.24. The van der Waals surface area contributed by atoms with Gasteiger partial charge in [0.25, 0.3) is 5.56 Å². The summed E-state index contributed by atoms with van der Waals surface area (Å²) in [4.78, 5) is 18.1. The minimum atomic E-state index is -0.519. The van der Waals surface area contributed by atoms with E-state index in [1.807, 2.05) is 60.7 Å². The Morgan fingerprint density at radius 3 is 2.26 bits per heavy atom. The molecule has 6 heteroatoms. The van der Waals surface area contributed by atoms with Crippen molar-refractivity contribution in [3.63, 3.8) is 0 Å². The molecule has 0 saturated carbocycles. The van der Waals surface area contributed by atoms with Gasteiger partial charge in [0.15, 0.2) is 11.6 Å². The van der Waals surface area contributed by atoms with Gasteiger partial charge in [-0.3, -0.25) is 9.36 Å². The fraction of sp³-hybridized carbons (Fsp3) is 0.214. The van der Waals surface area contributed by atoms with Gasteiger partial charge in [-0.1, -0.05) is 66.7 Å². The summed E-state index contributed by atoms with van der Waals surface area (Å²) in [6.45, 7) is 2.13. The summed E-state index contributed by atoms with van der Waals surface area (Å²) >= 11 is 0. The Balaban J connectivity index is 1.78. The monoisotopic (exact) mass is 458 g/mol. The number of ether oxygens (including phenoxy) is 1. The lowest BCUT2D eigenvalue weighted by Gasteiger charge is -2.18. The SMILES string of the molecule is Cc1nc(-c2cccc(F)c2OCc2ccccc2)n(CCc2ccccc2)c(=O)c1CCO. The molecule has 174 valence electrons. The molecule has 0 bridgehead atoms. The molecule has 1 aromatic heterocycles. The summed E-state index contributed by atoms with van der Waals surface area (Å²) in [5.74, 6) is -0.113. The minimum absolute atomic E-state index is 0.0565. The van der Waals surface area contributed by atoms with E-state index in [9.17, 15) is 14.3 Å². The average molecular weight is 459 g/mol. The lowest BCUT2D eigenvalue weighted by Crippen LogP contribution is -2.29. The molecule has 4 rings (SSSR count). The molecule has 1 N–H and O–H groups in total. The van der Waals surface area contributed by atoms with Crippen LogP contribution < -0.4 is 10.3 Å². The number of halogens is 1. The maximum Gasteiger partial charge on any atom is 0.257 e. The Morgan fingerprint density at radius 1 is 0.912 bits per heavy atom. The highest BCUT2D eigenvalue weighted by molar-refractivity contribution is 5.65. The molecule has 3 aromatic carbocycles. The van der Waals surface area contributed by atoms with Crippen molar-refractivity contribution >= 4 is 0 Å². The van der Waals surface area contributed by atoms with Gasteiger partial charge in [0.05, 0.1) is 5.56 Å². The fourth-order valence-electron chi connectivity index (χ4n) is 3.96. The van der Waals surface area contributed by atoms with E-state index in [2.05, 4.69) is 0 Å². The first-order valence-electron chi connectivity index (χ1n) is 11.3. The van der Waals surface area contributed by atoms with Crippen LogP contribution >= 0.6 is 0 Å². The topological polar surface area (TPSA) is 64.4 Å². The molecule has 1 heterocycles. The molecule has 0 spiro atoms. The van der Waals surface area contributed by atoms with Crippen molar-refractivity contribution in [2.24, 2.45) is 0 Å². The van der Waals surface area contributed by atoms with Gasteiger partial charge in [0.2, 0.25) is 0 Å². The van der Waals surface area contributed by atoms with Gasteiger partial charge in [-0.2, -0.15) is 0 Å². The van der Waals surface area contributed by atoms with E-state index in [-0.39, 0.29) is 30.9 Å². The van der Waals surface area contributed by atoms with Crippen molar-refractivity contribution in [3.8, 4) is 17.1 Å². The minimum Gasteiger partial charge on any atom is -0.485 e. The number of para-hydroxylation sites is 1. The van der Waals surface area contributed by atoms with E-state index in [1.165, 1.54) is 6.07 Å². The van der Waals surface area contributed by atoms with Crippen LogP contribution in [0, 0.1) is 12.7 Å². The second kappa shape index (κ2) is 10.9. The normalized spacial score (nSPS) is 10.9. The predicted molar refractivity (Wildman–Crippen MR) is 130 cm³/mol. The van der Waals surface area contributed by atoms with Crippen LogP contribution in [0.5, 0.6) is 5.75 Å². The first kappa shape index (κ1) is 23.4. The molecule has 0 aliphatic heterocycles. The molecule has 0 saturated heterocycles. The molecule has 0 aliphatic rings. The van der Waals surface area contributed by atoms with Crippen molar-refractivity contribution in [1.82, 2.24) is 9.55 Å². The Hall–Kier alpha value is -3.77. The summed E-state index contributed by atoms with van der Waals surface area (Å²) in [6.07, 6.45) is 0.816. The summed E-state index contributed by atoms with van der Waals surface area (Å²) in [6, 6.07) is 24.0. The Kier molecular flexibility index (Phi) is 7.50. The first-order valence-corrected chi connectivity index (χ1v) is 11.3. The van der Waals surface area contributed by atoms with Gasteiger partial charge < -0.3 is 9.84 Å². The van der Waals surface area contributed by atoms with Crippen LogP contribution in [-0.4, -0.2) is 21.3 Å². The molecule has 34 heavy (non-hydrogen) atoms. The molecular formula is C28H27FN2O3. The van der Waals surface area contributed by atoms with Crippen LogP contribution in [0.2, 0.25) is 0 Å². The van der Waals surface area contributed by atoms with E-state index >= 15 is 0 Å². The standard InChI is InChI=1S/C28H27FN2O3/c1-20-23(16-18-32)28(33)31(17-15-21-9-4-2-5-10-21)27(30-20)24-13-8-14-25(29)26(24)34-19-22-11-6-3-7-12-22/h2-14,32H,15-19H2,1H3. The van der Waals surface area contributed by atoms with Crippen LogP contribution in [0.25, 0.3) is 11.4 Å². The van der Waals surface area contributed by atoms with E-state index in [4.69, 9.17) is 9.72 Å². The molecule has 4 aromatic rings. The van der Waals surface area contributed by atoms with Crippen LogP contribution in [0.3, 0.4) is 0 Å². The highest BCUT2D eigenvalue weighted by atomic mass is 19.1. The molecule has 0 unspecified atom stereocenters. The van der Waals surface area contributed by atoms with Crippen LogP contribution in [0.1, 0.15) is 22.4 Å². The van der Waals surface area contributed by atoms with Gasteiger partial charge in [0.1, 0.15) is 12.4 Å². The lowest BCUT2D eigenvalue weighted by atomic mass is 10.1. The van der Waals surface area contributed by atoms with Crippen LogP contribution in [0.4, 0.5) is 4.39 Å². The predicted octanol–water partition coefficient (Wildman–Crippen LogP) is 4.71. The van der Waals surface area contributed by atoms with Crippen LogP contribution in [0.15, 0.2) is 83.7 Å². The summed E-state index contributed by atoms with van der Waals surface area (Å²) in [5, 5.41) is 9.47. The fourth-order valence-corrected chi connectivity index (χ4v) is 3.96. The smallest absolute Gasteiger partial charge is 0.257 e. The van der Waals surface area contributed by atoms with Gasteiger partial charge in [0, 0.05) is 30.8 Å². The Morgan fingerprint density at radius 2 is 1.59 bits per heavy atom. The number of nitrogens with zero attached hydrogens (tertiary/aromatic N) is 2. The Bertz CT molecular complexity index is 1300. The molecule has 0 radical (unpaired) electrons. The third-order valence-corrected chi connectivity index (χ3v) is 5.73. The largest absolute Gasteiger partial charge is 0.485 e. The van der Waals surface area contributed by atoms with E-state index < -0.39 is 5.82 Å². The molecule has 0 fully saturated rings. The van der Waals surface area contributed by atoms with Gasteiger partial charge in [-0.15, -0.1) is 0 Å².